The van der Waals surface area contributed by atoms with Gasteiger partial charge in [0, 0.05) is 12.6 Å². The third-order valence-electron chi connectivity index (χ3n) is 4.73. The second kappa shape index (κ2) is 6.88. The van der Waals surface area contributed by atoms with E-state index in [1.54, 1.807) is 0 Å². The molecule has 0 radical (unpaired) electrons. The maximum absolute atomic E-state index is 9.29. The van der Waals surface area contributed by atoms with Crippen molar-refractivity contribution >= 4 is 0 Å². The van der Waals surface area contributed by atoms with Crippen LogP contribution < -0.4 is 5.32 Å². The molecule has 2 fully saturated rings. The molecule has 2 N–H and O–H groups in total. The van der Waals surface area contributed by atoms with Crippen LogP contribution in [0.15, 0.2) is 0 Å². The summed E-state index contributed by atoms with van der Waals surface area (Å²) in [6, 6.07) is 0.627. The Hall–Kier alpha value is -0.120. The van der Waals surface area contributed by atoms with Crippen LogP contribution in [0.5, 0.6) is 0 Å². The number of aliphatic hydroxyl groups is 1. The predicted molar refractivity (Wildman–Crippen MR) is 75.7 cm³/mol. The van der Waals surface area contributed by atoms with Gasteiger partial charge in [0.05, 0.1) is 6.10 Å². The van der Waals surface area contributed by atoms with Gasteiger partial charge in [0.15, 0.2) is 0 Å². The molecule has 18 heavy (non-hydrogen) atoms. The fourth-order valence-corrected chi connectivity index (χ4v) is 3.41. The lowest BCUT2D eigenvalue weighted by Gasteiger charge is -2.38. The molecule has 1 saturated heterocycles. The van der Waals surface area contributed by atoms with E-state index in [4.69, 9.17) is 0 Å². The number of rotatable bonds is 6. The first-order valence-electron chi connectivity index (χ1n) is 7.82. The summed E-state index contributed by atoms with van der Waals surface area (Å²) in [5, 5.41) is 13.0. The van der Waals surface area contributed by atoms with E-state index in [2.05, 4.69) is 24.1 Å². The molecule has 1 aliphatic carbocycles. The Bertz CT molecular complexity index is 239. The van der Waals surface area contributed by atoms with Crippen molar-refractivity contribution in [3.05, 3.63) is 0 Å². The topological polar surface area (TPSA) is 35.5 Å². The monoisotopic (exact) mass is 254 g/mol. The standard InChI is InChI=1S/C15H30N2O/c1-3-6-17-7-4-5-14(11-17)12(2)16-10-13-8-15(18)9-13/h12-16,18H,3-11H2,1-2H3. The van der Waals surface area contributed by atoms with Crippen molar-refractivity contribution in [2.75, 3.05) is 26.2 Å². The normalized spacial score (nSPS) is 35.2. The highest BCUT2D eigenvalue weighted by atomic mass is 16.3. The average Bonchev–Trinajstić information content (AvgIpc) is 2.33. The highest BCUT2D eigenvalue weighted by molar-refractivity contribution is 4.84. The van der Waals surface area contributed by atoms with Crippen LogP contribution in [-0.4, -0.2) is 48.3 Å². The maximum Gasteiger partial charge on any atom is 0.0546 e. The van der Waals surface area contributed by atoms with Crippen LogP contribution in [0.25, 0.3) is 0 Å². The SMILES string of the molecule is CCCN1CCCC(C(C)NCC2CC(O)C2)C1. The van der Waals surface area contributed by atoms with E-state index in [0.717, 1.165) is 31.2 Å². The van der Waals surface area contributed by atoms with Gasteiger partial charge in [0.25, 0.3) is 0 Å². The maximum atomic E-state index is 9.29. The number of hydrogen-bond acceptors (Lipinski definition) is 3. The van der Waals surface area contributed by atoms with Gasteiger partial charge in [0.2, 0.25) is 0 Å². The largest absolute Gasteiger partial charge is 0.393 e. The third-order valence-corrected chi connectivity index (χ3v) is 4.73. The van der Waals surface area contributed by atoms with Crippen molar-refractivity contribution < 1.29 is 5.11 Å². The van der Waals surface area contributed by atoms with E-state index in [1.165, 1.54) is 38.9 Å². The van der Waals surface area contributed by atoms with Gasteiger partial charge in [-0.1, -0.05) is 6.92 Å². The Morgan fingerprint density at radius 2 is 2.17 bits per heavy atom. The van der Waals surface area contributed by atoms with E-state index in [9.17, 15) is 5.11 Å². The van der Waals surface area contributed by atoms with E-state index in [-0.39, 0.29) is 6.10 Å². The fraction of sp³-hybridized carbons (Fsp3) is 1.00. The molecule has 0 aromatic rings. The molecule has 2 aliphatic rings. The van der Waals surface area contributed by atoms with Crippen molar-refractivity contribution in [1.29, 1.82) is 0 Å². The molecular weight excluding hydrogens is 224 g/mol. The lowest BCUT2D eigenvalue weighted by atomic mass is 9.82. The molecule has 0 aromatic heterocycles. The molecule has 2 atom stereocenters. The van der Waals surface area contributed by atoms with Crippen molar-refractivity contribution in [3.63, 3.8) is 0 Å². The second-order valence-corrected chi connectivity index (χ2v) is 6.39. The summed E-state index contributed by atoms with van der Waals surface area (Å²) in [6.07, 6.45) is 6.01. The molecule has 106 valence electrons. The number of likely N-dealkylation sites (tertiary alicyclic amines) is 1. The van der Waals surface area contributed by atoms with E-state index >= 15 is 0 Å². The van der Waals surface area contributed by atoms with Crippen molar-refractivity contribution in [1.82, 2.24) is 10.2 Å². The minimum Gasteiger partial charge on any atom is -0.393 e. The molecule has 0 spiro atoms. The molecule has 2 unspecified atom stereocenters. The molecule has 0 aromatic carbocycles. The number of piperidine rings is 1. The molecule has 0 bridgehead atoms. The molecule has 1 aliphatic heterocycles. The van der Waals surface area contributed by atoms with Crippen LogP contribution in [0.2, 0.25) is 0 Å². The zero-order chi connectivity index (χ0) is 13.0. The van der Waals surface area contributed by atoms with Crippen LogP contribution >= 0.6 is 0 Å². The van der Waals surface area contributed by atoms with Gasteiger partial charge in [-0.05, 0) is 70.5 Å². The van der Waals surface area contributed by atoms with Crippen molar-refractivity contribution in [3.8, 4) is 0 Å². The zero-order valence-electron chi connectivity index (χ0n) is 12.1. The Kier molecular flexibility index (Phi) is 5.46. The summed E-state index contributed by atoms with van der Waals surface area (Å²) in [5.41, 5.74) is 0. The first-order valence-corrected chi connectivity index (χ1v) is 7.82. The van der Waals surface area contributed by atoms with E-state index in [1.807, 2.05) is 0 Å². The van der Waals surface area contributed by atoms with Gasteiger partial charge in [-0.3, -0.25) is 0 Å². The summed E-state index contributed by atoms with van der Waals surface area (Å²) >= 11 is 0. The Morgan fingerprint density at radius 1 is 1.39 bits per heavy atom. The highest BCUT2D eigenvalue weighted by Crippen LogP contribution is 2.27. The third kappa shape index (κ3) is 3.94. The van der Waals surface area contributed by atoms with Gasteiger partial charge in [-0.15, -0.1) is 0 Å². The van der Waals surface area contributed by atoms with Gasteiger partial charge in [-0.25, -0.2) is 0 Å². The molecule has 0 amide bonds. The quantitative estimate of drug-likeness (QED) is 0.759. The first kappa shape index (κ1) is 14.3. The number of nitrogens with one attached hydrogen (secondary N) is 1. The molecular formula is C15H30N2O. The van der Waals surface area contributed by atoms with Gasteiger partial charge in [-0.2, -0.15) is 0 Å². The summed E-state index contributed by atoms with van der Waals surface area (Å²) in [6.45, 7) is 9.55. The lowest BCUT2D eigenvalue weighted by Crippen LogP contribution is -2.47. The number of hydrogen-bond donors (Lipinski definition) is 2. The molecule has 1 heterocycles. The van der Waals surface area contributed by atoms with Crippen molar-refractivity contribution in [2.24, 2.45) is 11.8 Å². The Morgan fingerprint density at radius 3 is 2.83 bits per heavy atom. The predicted octanol–water partition coefficient (Wildman–Crippen LogP) is 1.86. The summed E-state index contributed by atoms with van der Waals surface area (Å²) < 4.78 is 0. The summed E-state index contributed by atoms with van der Waals surface area (Å²) in [4.78, 5) is 2.62. The molecule has 3 nitrogen and oxygen atoms in total. The van der Waals surface area contributed by atoms with Crippen molar-refractivity contribution in [2.45, 2.75) is 58.1 Å². The van der Waals surface area contributed by atoms with Gasteiger partial charge < -0.3 is 15.3 Å². The Labute approximate surface area is 112 Å². The minimum atomic E-state index is -0.0122. The number of nitrogens with zero attached hydrogens (tertiary/aromatic N) is 1. The van der Waals surface area contributed by atoms with Gasteiger partial charge >= 0.3 is 0 Å². The molecule has 3 heteroatoms. The summed E-state index contributed by atoms with van der Waals surface area (Å²) in [7, 11) is 0. The highest BCUT2D eigenvalue weighted by Gasteiger charge is 2.29. The van der Waals surface area contributed by atoms with Gasteiger partial charge in [0.1, 0.15) is 0 Å². The summed E-state index contributed by atoms with van der Waals surface area (Å²) in [5.74, 6) is 1.54. The smallest absolute Gasteiger partial charge is 0.0546 e. The molecule has 2 rings (SSSR count). The average molecular weight is 254 g/mol. The minimum absolute atomic E-state index is 0.0122. The first-order chi connectivity index (χ1) is 8.69. The van der Waals surface area contributed by atoms with E-state index < -0.39 is 0 Å². The van der Waals surface area contributed by atoms with E-state index in [0.29, 0.717) is 6.04 Å². The van der Waals surface area contributed by atoms with Crippen LogP contribution in [0.4, 0.5) is 0 Å². The van der Waals surface area contributed by atoms with Crippen LogP contribution in [-0.2, 0) is 0 Å². The number of aliphatic hydroxyl groups excluding tert-OH is 1. The van der Waals surface area contributed by atoms with Crippen LogP contribution in [0.3, 0.4) is 0 Å². The van der Waals surface area contributed by atoms with Crippen LogP contribution in [0, 0.1) is 11.8 Å². The lowest BCUT2D eigenvalue weighted by molar-refractivity contribution is 0.0399. The fourth-order valence-electron chi connectivity index (χ4n) is 3.41. The molecule has 1 saturated carbocycles. The second-order valence-electron chi connectivity index (χ2n) is 6.39. The zero-order valence-corrected chi connectivity index (χ0v) is 12.1. The Balaban J connectivity index is 1.66. The van der Waals surface area contributed by atoms with Crippen LogP contribution in [0.1, 0.15) is 46.0 Å².